The van der Waals surface area contributed by atoms with E-state index in [4.69, 9.17) is 11.6 Å². The van der Waals surface area contributed by atoms with Gasteiger partial charge in [0.1, 0.15) is 0 Å². The van der Waals surface area contributed by atoms with E-state index in [1.54, 1.807) is 0 Å². The van der Waals surface area contributed by atoms with Gasteiger partial charge in [0, 0.05) is 43.4 Å². The van der Waals surface area contributed by atoms with Gasteiger partial charge in [0.25, 0.3) is 0 Å². The fourth-order valence-electron chi connectivity index (χ4n) is 4.00. The van der Waals surface area contributed by atoms with E-state index >= 15 is 0 Å². The molecule has 2 amide bonds. The number of rotatable bonds is 3. The van der Waals surface area contributed by atoms with Crippen LogP contribution in [0.1, 0.15) is 5.56 Å². The van der Waals surface area contributed by atoms with Crippen LogP contribution in [0.15, 0.2) is 54.6 Å². The molecule has 4 nitrogen and oxygen atoms in total. The van der Waals surface area contributed by atoms with Crippen LogP contribution in [0.5, 0.6) is 0 Å². The first kappa shape index (κ1) is 16.4. The van der Waals surface area contributed by atoms with Gasteiger partial charge in [-0.2, -0.15) is 0 Å². The van der Waals surface area contributed by atoms with Crippen molar-refractivity contribution in [3.8, 4) is 0 Å². The van der Waals surface area contributed by atoms with Gasteiger partial charge in [0.15, 0.2) is 0 Å². The van der Waals surface area contributed by atoms with Crippen LogP contribution in [0.4, 0.5) is 10.5 Å². The van der Waals surface area contributed by atoms with Crippen LogP contribution < -0.4 is 5.32 Å². The third-order valence-corrected chi connectivity index (χ3v) is 5.40. The molecule has 0 radical (unpaired) electrons. The van der Waals surface area contributed by atoms with E-state index in [0.29, 0.717) is 11.8 Å². The summed E-state index contributed by atoms with van der Waals surface area (Å²) in [5, 5.41) is 3.78. The van der Waals surface area contributed by atoms with Crippen LogP contribution in [-0.4, -0.2) is 42.0 Å². The van der Waals surface area contributed by atoms with E-state index in [1.807, 2.05) is 53.4 Å². The quantitative estimate of drug-likeness (QED) is 0.905. The number of nitrogens with zero attached hydrogens (tertiary/aromatic N) is 2. The van der Waals surface area contributed by atoms with E-state index in [-0.39, 0.29) is 6.03 Å². The van der Waals surface area contributed by atoms with Gasteiger partial charge in [-0.25, -0.2) is 4.79 Å². The highest BCUT2D eigenvalue weighted by atomic mass is 35.5. The Morgan fingerprint density at radius 1 is 1.00 bits per heavy atom. The molecule has 0 aromatic heterocycles. The maximum Gasteiger partial charge on any atom is 0.321 e. The van der Waals surface area contributed by atoms with Crippen molar-refractivity contribution in [2.24, 2.45) is 11.8 Å². The summed E-state index contributed by atoms with van der Waals surface area (Å²) >= 11 is 6.08. The molecule has 2 aromatic carbocycles. The molecular formula is C20H22ClN3O. The summed E-state index contributed by atoms with van der Waals surface area (Å²) < 4.78 is 0. The van der Waals surface area contributed by atoms with Gasteiger partial charge in [0.2, 0.25) is 0 Å². The number of carbonyl (C=O) groups excluding carboxylic acids is 1. The molecule has 25 heavy (non-hydrogen) atoms. The van der Waals surface area contributed by atoms with Crippen molar-refractivity contribution in [3.63, 3.8) is 0 Å². The van der Waals surface area contributed by atoms with Gasteiger partial charge in [-0.15, -0.1) is 0 Å². The molecule has 0 bridgehead atoms. The zero-order valence-corrected chi connectivity index (χ0v) is 14.8. The number of amides is 2. The Bertz CT molecular complexity index is 738. The van der Waals surface area contributed by atoms with Crippen molar-refractivity contribution in [1.82, 2.24) is 9.80 Å². The van der Waals surface area contributed by atoms with Crippen molar-refractivity contribution in [3.05, 3.63) is 65.2 Å². The van der Waals surface area contributed by atoms with Crippen molar-refractivity contribution < 1.29 is 4.79 Å². The smallest absolute Gasteiger partial charge is 0.321 e. The molecular weight excluding hydrogens is 334 g/mol. The standard InChI is InChI=1S/C20H22ClN3O/c21-18-6-4-5-15(9-18)10-23-11-16-13-24(14-17(16)12-23)20(25)22-19-7-2-1-3-8-19/h1-9,16-17H,10-14H2,(H,22,25)/t16-,17-/m1/s1. The van der Waals surface area contributed by atoms with Gasteiger partial charge in [-0.3, -0.25) is 4.90 Å². The summed E-state index contributed by atoms with van der Waals surface area (Å²) in [5.41, 5.74) is 2.11. The SMILES string of the molecule is O=C(Nc1ccccc1)N1C[C@H]2CN(Cc3cccc(Cl)c3)C[C@@H]2C1. The molecule has 2 aliphatic rings. The molecule has 1 N–H and O–H groups in total. The zero-order chi connectivity index (χ0) is 17.2. The molecule has 4 rings (SSSR count). The zero-order valence-electron chi connectivity index (χ0n) is 14.1. The number of carbonyl (C=O) groups is 1. The van der Waals surface area contributed by atoms with E-state index in [2.05, 4.69) is 16.3 Å². The molecule has 5 heteroatoms. The average molecular weight is 356 g/mol. The number of para-hydroxylation sites is 1. The molecule has 2 aliphatic heterocycles. The first-order chi connectivity index (χ1) is 12.2. The number of nitrogens with one attached hydrogen (secondary N) is 1. The average Bonchev–Trinajstić information content (AvgIpc) is 3.14. The van der Waals surface area contributed by atoms with E-state index in [9.17, 15) is 4.79 Å². The van der Waals surface area contributed by atoms with Crippen LogP contribution in [0.2, 0.25) is 5.02 Å². The Morgan fingerprint density at radius 2 is 1.72 bits per heavy atom. The van der Waals surface area contributed by atoms with Crippen molar-refractivity contribution in [1.29, 1.82) is 0 Å². The normalized spacial score (nSPS) is 22.8. The fourth-order valence-corrected chi connectivity index (χ4v) is 4.22. The Labute approximate surface area is 153 Å². The molecule has 2 atom stereocenters. The minimum absolute atomic E-state index is 0.0157. The number of anilines is 1. The third kappa shape index (κ3) is 3.80. The number of fused-ring (bicyclic) bond motifs is 1. The maximum absolute atomic E-state index is 12.4. The topological polar surface area (TPSA) is 35.6 Å². The second kappa shape index (κ2) is 7.06. The lowest BCUT2D eigenvalue weighted by Crippen LogP contribution is -2.36. The number of halogens is 1. The molecule has 0 saturated carbocycles. The van der Waals surface area contributed by atoms with E-state index < -0.39 is 0 Å². The van der Waals surface area contributed by atoms with Gasteiger partial charge < -0.3 is 10.2 Å². The highest BCUT2D eigenvalue weighted by molar-refractivity contribution is 6.30. The van der Waals surface area contributed by atoms with Gasteiger partial charge in [-0.05, 0) is 41.7 Å². The number of benzene rings is 2. The molecule has 2 heterocycles. The molecule has 0 unspecified atom stereocenters. The summed E-state index contributed by atoms with van der Waals surface area (Å²) in [4.78, 5) is 16.9. The van der Waals surface area contributed by atoms with Gasteiger partial charge in [0.05, 0.1) is 0 Å². The van der Waals surface area contributed by atoms with Crippen molar-refractivity contribution in [2.75, 3.05) is 31.5 Å². The largest absolute Gasteiger partial charge is 0.324 e. The second-order valence-electron chi connectivity index (χ2n) is 7.05. The van der Waals surface area contributed by atoms with E-state index in [1.165, 1.54) is 5.56 Å². The summed E-state index contributed by atoms with van der Waals surface area (Å²) in [6.45, 7) is 4.72. The van der Waals surface area contributed by atoms with Crippen LogP contribution in [0.3, 0.4) is 0 Å². The van der Waals surface area contributed by atoms with Crippen LogP contribution in [0, 0.1) is 11.8 Å². The number of likely N-dealkylation sites (tertiary alicyclic amines) is 2. The Balaban J connectivity index is 1.31. The molecule has 2 fully saturated rings. The number of urea groups is 1. The Morgan fingerprint density at radius 3 is 2.40 bits per heavy atom. The first-order valence-electron chi connectivity index (χ1n) is 8.75. The lowest BCUT2D eigenvalue weighted by Gasteiger charge is -2.22. The second-order valence-corrected chi connectivity index (χ2v) is 7.48. The molecule has 2 saturated heterocycles. The molecule has 0 aliphatic carbocycles. The fraction of sp³-hybridized carbons (Fsp3) is 0.350. The lowest BCUT2D eigenvalue weighted by atomic mass is 10.0. The summed E-state index contributed by atoms with van der Waals surface area (Å²) in [6.07, 6.45) is 0. The summed E-state index contributed by atoms with van der Waals surface area (Å²) in [6, 6.07) is 17.7. The number of hydrogen-bond donors (Lipinski definition) is 1. The highest BCUT2D eigenvalue weighted by Crippen LogP contribution is 2.32. The monoisotopic (exact) mass is 355 g/mol. The van der Waals surface area contributed by atoms with Crippen molar-refractivity contribution in [2.45, 2.75) is 6.54 Å². The van der Waals surface area contributed by atoms with Gasteiger partial charge in [-0.1, -0.05) is 41.9 Å². The molecule has 130 valence electrons. The highest BCUT2D eigenvalue weighted by Gasteiger charge is 2.41. The molecule has 2 aromatic rings. The molecule has 0 spiro atoms. The summed E-state index contributed by atoms with van der Waals surface area (Å²) in [5.74, 6) is 1.14. The lowest BCUT2D eigenvalue weighted by molar-refractivity contribution is 0.212. The summed E-state index contributed by atoms with van der Waals surface area (Å²) in [7, 11) is 0. The van der Waals surface area contributed by atoms with Crippen LogP contribution >= 0.6 is 11.6 Å². The number of hydrogen-bond acceptors (Lipinski definition) is 2. The first-order valence-corrected chi connectivity index (χ1v) is 9.13. The predicted octanol–water partition coefficient (Wildman–Crippen LogP) is 3.94. The minimum Gasteiger partial charge on any atom is -0.324 e. The van der Waals surface area contributed by atoms with Gasteiger partial charge >= 0.3 is 6.03 Å². The predicted molar refractivity (Wildman–Crippen MR) is 101 cm³/mol. The van der Waals surface area contributed by atoms with Crippen LogP contribution in [-0.2, 0) is 6.54 Å². The third-order valence-electron chi connectivity index (χ3n) is 5.17. The maximum atomic E-state index is 12.4. The van der Waals surface area contributed by atoms with E-state index in [0.717, 1.165) is 43.4 Å². The van der Waals surface area contributed by atoms with Crippen LogP contribution in [0.25, 0.3) is 0 Å². The van der Waals surface area contributed by atoms with Crippen molar-refractivity contribution >= 4 is 23.3 Å². The Kier molecular flexibility index (Phi) is 4.64. The Hall–Kier alpha value is -2.04. The minimum atomic E-state index is 0.0157.